The summed E-state index contributed by atoms with van der Waals surface area (Å²) in [6, 6.07) is 0. The highest BCUT2D eigenvalue weighted by atomic mass is 16.3. The third-order valence-electron chi connectivity index (χ3n) is 4.59. The summed E-state index contributed by atoms with van der Waals surface area (Å²) in [6.45, 7) is 5.61. The number of H-pyrrole nitrogens is 1. The first-order chi connectivity index (χ1) is 10.6. The second kappa shape index (κ2) is 7.77. The van der Waals surface area contributed by atoms with Gasteiger partial charge < -0.3 is 15.0 Å². The molecule has 5 nitrogen and oxygen atoms in total. The van der Waals surface area contributed by atoms with E-state index < -0.39 is 5.60 Å². The molecule has 0 aromatic carbocycles. The van der Waals surface area contributed by atoms with Crippen LogP contribution in [0.25, 0.3) is 0 Å². The average molecular weight is 307 g/mol. The van der Waals surface area contributed by atoms with Crippen molar-refractivity contribution < 1.29 is 9.90 Å². The lowest BCUT2D eigenvalue weighted by Crippen LogP contribution is -2.43. The van der Waals surface area contributed by atoms with Crippen molar-refractivity contribution in [1.29, 1.82) is 0 Å². The smallest absolute Gasteiger partial charge is 0.225 e. The van der Waals surface area contributed by atoms with Crippen LogP contribution in [0.3, 0.4) is 0 Å². The number of nitrogens with zero attached hydrogens (tertiary/aromatic N) is 2. The lowest BCUT2D eigenvalue weighted by atomic mass is 9.88. The Morgan fingerprint density at radius 1 is 1.45 bits per heavy atom. The molecule has 0 saturated carbocycles. The van der Waals surface area contributed by atoms with Crippen molar-refractivity contribution in [1.82, 2.24) is 14.9 Å². The van der Waals surface area contributed by atoms with Gasteiger partial charge in [0.05, 0.1) is 12.0 Å². The molecule has 2 rings (SSSR count). The van der Waals surface area contributed by atoms with Crippen LogP contribution in [-0.4, -0.2) is 44.6 Å². The lowest BCUT2D eigenvalue weighted by Gasteiger charge is -2.35. The number of likely N-dealkylation sites (tertiary alicyclic amines) is 1. The van der Waals surface area contributed by atoms with E-state index in [1.165, 1.54) is 0 Å². The van der Waals surface area contributed by atoms with Crippen LogP contribution < -0.4 is 0 Å². The number of hydrogen-bond donors (Lipinski definition) is 2. The van der Waals surface area contributed by atoms with E-state index >= 15 is 0 Å². The number of rotatable bonds is 7. The Kier molecular flexibility index (Phi) is 6.00. The fourth-order valence-electron chi connectivity index (χ4n) is 3.55. The largest absolute Gasteiger partial charge is 0.389 e. The molecule has 1 aliphatic rings. The second-order valence-electron chi connectivity index (χ2n) is 6.55. The number of piperidine rings is 1. The molecule has 1 amide bonds. The minimum absolute atomic E-state index is 0.0839. The van der Waals surface area contributed by atoms with Crippen LogP contribution >= 0.6 is 0 Å². The molecular weight excluding hydrogens is 278 g/mol. The number of aromatic amines is 1. The molecule has 5 heteroatoms. The first-order valence-electron chi connectivity index (χ1n) is 8.57. The number of carbonyl (C=O) groups excluding carboxylic acids is 1. The van der Waals surface area contributed by atoms with Crippen molar-refractivity contribution in [2.24, 2.45) is 0 Å². The fraction of sp³-hybridized carbons (Fsp3) is 0.765. The molecule has 0 bridgehead atoms. The molecule has 2 heterocycles. The standard InChI is InChI=1S/C17H29N3O2/c1-3-7-17(22,8-4-2)12-15(21)20-11-5-6-14(13-20)16-18-9-10-19-16/h9-10,14,22H,3-8,11-13H2,1-2H3,(H,18,19). The Balaban J connectivity index is 1.96. The molecule has 2 N–H and O–H groups in total. The Hall–Kier alpha value is -1.36. The van der Waals surface area contributed by atoms with Crippen LogP contribution in [0, 0.1) is 0 Å². The van der Waals surface area contributed by atoms with Crippen molar-refractivity contribution >= 4 is 5.91 Å². The van der Waals surface area contributed by atoms with E-state index in [0.717, 1.165) is 38.1 Å². The van der Waals surface area contributed by atoms with Gasteiger partial charge in [0.2, 0.25) is 5.91 Å². The van der Waals surface area contributed by atoms with Gasteiger partial charge in [-0.1, -0.05) is 26.7 Å². The summed E-state index contributed by atoms with van der Waals surface area (Å²) in [5.41, 5.74) is -0.835. The number of imidazole rings is 1. The van der Waals surface area contributed by atoms with Gasteiger partial charge in [-0.2, -0.15) is 0 Å². The maximum absolute atomic E-state index is 12.6. The number of carbonyl (C=O) groups is 1. The highest BCUT2D eigenvalue weighted by Crippen LogP contribution is 2.28. The van der Waals surface area contributed by atoms with Crippen molar-refractivity contribution in [2.75, 3.05) is 13.1 Å². The third kappa shape index (κ3) is 4.32. The zero-order valence-electron chi connectivity index (χ0n) is 13.8. The van der Waals surface area contributed by atoms with Gasteiger partial charge in [0.1, 0.15) is 5.82 Å². The molecule has 0 radical (unpaired) electrons. The van der Waals surface area contributed by atoms with E-state index in [1.807, 2.05) is 11.1 Å². The Morgan fingerprint density at radius 2 is 2.18 bits per heavy atom. The van der Waals surface area contributed by atoms with Crippen LogP contribution in [0.5, 0.6) is 0 Å². The minimum Gasteiger partial charge on any atom is -0.389 e. The number of aliphatic hydroxyl groups is 1. The van der Waals surface area contributed by atoms with Crippen molar-refractivity contribution in [3.05, 3.63) is 18.2 Å². The second-order valence-corrected chi connectivity index (χ2v) is 6.55. The van der Waals surface area contributed by atoms with E-state index in [4.69, 9.17) is 0 Å². The first-order valence-corrected chi connectivity index (χ1v) is 8.57. The summed E-state index contributed by atoms with van der Waals surface area (Å²) in [6.07, 6.45) is 9.10. The van der Waals surface area contributed by atoms with Gasteiger partial charge in [-0.3, -0.25) is 4.79 Å². The lowest BCUT2D eigenvalue weighted by molar-refractivity contribution is -0.138. The SMILES string of the molecule is CCCC(O)(CCC)CC(=O)N1CCCC(c2ncc[nH]2)C1. The summed E-state index contributed by atoms with van der Waals surface area (Å²) >= 11 is 0. The molecule has 124 valence electrons. The number of amides is 1. The molecule has 22 heavy (non-hydrogen) atoms. The molecule has 1 atom stereocenters. The maximum Gasteiger partial charge on any atom is 0.225 e. The number of aromatic nitrogens is 2. The molecule has 1 saturated heterocycles. The first kappa shape index (κ1) is 17.0. The van der Waals surface area contributed by atoms with Gasteiger partial charge >= 0.3 is 0 Å². The van der Waals surface area contributed by atoms with Gasteiger partial charge in [-0.05, 0) is 25.7 Å². The quantitative estimate of drug-likeness (QED) is 0.814. The highest BCUT2D eigenvalue weighted by Gasteiger charge is 2.32. The van der Waals surface area contributed by atoms with Crippen LogP contribution in [0.4, 0.5) is 0 Å². The zero-order valence-corrected chi connectivity index (χ0v) is 13.8. The van der Waals surface area contributed by atoms with Crippen LogP contribution in [0.15, 0.2) is 12.4 Å². The van der Waals surface area contributed by atoms with E-state index in [9.17, 15) is 9.90 Å². The van der Waals surface area contributed by atoms with Crippen molar-refractivity contribution in [2.45, 2.75) is 70.3 Å². The van der Waals surface area contributed by atoms with Gasteiger partial charge in [0.25, 0.3) is 0 Å². The maximum atomic E-state index is 12.6. The molecule has 1 fully saturated rings. The molecule has 1 aliphatic heterocycles. The van der Waals surface area contributed by atoms with E-state index in [0.29, 0.717) is 19.4 Å². The Bertz CT molecular complexity index is 452. The number of hydrogen-bond acceptors (Lipinski definition) is 3. The van der Waals surface area contributed by atoms with Gasteiger partial charge in [0.15, 0.2) is 0 Å². The molecule has 0 aliphatic carbocycles. The Morgan fingerprint density at radius 3 is 2.77 bits per heavy atom. The van der Waals surface area contributed by atoms with E-state index in [-0.39, 0.29) is 18.2 Å². The summed E-state index contributed by atoms with van der Waals surface area (Å²) in [5, 5.41) is 10.7. The van der Waals surface area contributed by atoms with Gasteiger partial charge in [0, 0.05) is 31.4 Å². The topological polar surface area (TPSA) is 69.2 Å². The monoisotopic (exact) mass is 307 g/mol. The number of nitrogens with one attached hydrogen (secondary N) is 1. The van der Waals surface area contributed by atoms with Crippen LogP contribution in [-0.2, 0) is 4.79 Å². The molecule has 1 unspecified atom stereocenters. The molecule has 1 aromatic heterocycles. The fourth-order valence-corrected chi connectivity index (χ4v) is 3.55. The highest BCUT2D eigenvalue weighted by molar-refractivity contribution is 5.77. The molecular formula is C17H29N3O2. The normalized spacial score (nSPS) is 19.4. The minimum atomic E-state index is -0.835. The van der Waals surface area contributed by atoms with Crippen molar-refractivity contribution in [3.8, 4) is 0 Å². The zero-order chi connectivity index (χ0) is 16.0. The average Bonchev–Trinajstić information content (AvgIpc) is 3.02. The van der Waals surface area contributed by atoms with Crippen LogP contribution in [0.1, 0.15) is 70.5 Å². The summed E-state index contributed by atoms with van der Waals surface area (Å²) in [4.78, 5) is 22.0. The predicted octanol–water partition coefficient (Wildman–Crippen LogP) is 2.84. The van der Waals surface area contributed by atoms with E-state index in [2.05, 4.69) is 23.8 Å². The third-order valence-corrected chi connectivity index (χ3v) is 4.59. The summed E-state index contributed by atoms with van der Waals surface area (Å²) in [5.74, 6) is 1.34. The predicted molar refractivity (Wildman–Crippen MR) is 86.5 cm³/mol. The summed E-state index contributed by atoms with van der Waals surface area (Å²) in [7, 11) is 0. The van der Waals surface area contributed by atoms with Crippen LogP contribution in [0.2, 0.25) is 0 Å². The van der Waals surface area contributed by atoms with E-state index in [1.54, 1.807) is 6.20 Å². The van der Waals surface area contributed by atoms with Gasteiger partial charge in [-0.15, -0.1) is 0 Å². The molecule has 0 spiro atoms. The molecule has 1 aromatic rings. The Labute approximate surface area is 133 Å². The van der Waals surface area contributed by atoms with Gasteiger partial charge in [-0.25, -0.2) is 4.98 Å². The van der Waals surface area contributed by atoms with Crippen molar-refractivity contribution in [3.63, 3.8) is 0 Å². The summed E-state index contributed by atoms with van der Waals surface area (Å²) < 4.78 is 0.